The molecule has 1 aliphatic heterocycles. The van der Waals surface area contributed by atoms with Crippen LogP contribution in [0.2, 0.25) is 5.02 Å². The van der Waals surface area contributed by atoms with Crippen LogP contribution in [0.5, 0.6) is 0 Å². The first kappa shape index (κ1) is 27.6. The van der Waals surface area contributed by atoms with Gasteiger partial charge >= 0.3 is 11.9 Å². The maximum Gasteiger partial charge on any atom is 0.303 e. The first-order chi connectivity index (χ1) is 16.0. The molecular weight excluding hydrogens is 454 g/mol. The van der Waals surface area contributed by atoms with E-state index in [1.807, 2.05) is 12.3 Å². The summed E-state index contributed by atoms with van der Waals surface area (Å²) in [5.74, 6) is -1.21. The molecule has 3 rings (SSSR count). The van der Waals surface area contributed by atoms with Crippen LogP contribution in [0.25, 0.3) is 0 Å². The van der Waals surface area contributed by atoms with Crippen LogP contribution in [0, 0.1) is 5.41 Å². The second-order valence-electron chi connectivity index (χ2n) is 9.72. The number of anilines is 2. The summed E-state index contributed by atoms with van der Waals surface area (Å²) in [7, 11) is 2.07. The Kier molecular flexibility index (Phi) is 10.3. The predicted molar refractivity (Wildman–Crippen MR) is 136 cm³/mol. The highest BCUT2D eigenvalue weighted by molar-refractivity contribution is 6.33. The topological polar surface area (TPSA) is 103 Å². The van der Waals surface area contributed by atoms with Crippen molar-refractivity contribution >= 4 is 35.0 Å². The summed E-state index contributed by atoms with van der Waals surface area (Å²) in [4.78, 5) is 26.1. The molecule has 2 aromatic rings. The molecule has 1 aliphatic rings. The molecular formula is C26H36ClN3O4. The lowest BCUT2D eigenvalue weighted by molar-refractivity contribution is -0.143. The lowest BCUT2D eigenvalue weighted by atomic mass is 9.89. The molecule has 0 bridgehead atoms. The van der Waals surface area contributed by atoms with Crippen molar-refractivity contribution < 1.29 is 19.8 Å². The number of aromatic nitrogens is 1. The van der Waals surface area contributed by atoms with Gasteiger partial charge in [-0.15, -0.1) is 0 Å². The fraction of sp³-hybridized carbons (Fsp3) is 0.500. The molecule has 186 valence electrons. The van der Waals surface area contributed by atoms with Crippen molar-refractivity contribution in [2.24, 2.45) is 5.41 Å². The van der Waals surface area contributed by atoms with E-state index < -0.39 is 11.9 Å². The number of halogens is 1. The standard InChI is InChI=1S/C22H30ClN3.C4H6O4/c1-22(2,3)12-9-16-5-8-20(25-15-16)26(4)21-18-11-14-24-13-10-17(18)6-7-19(21)23;5-3(6)1-2-4(7)8/h5-8,15,24H,9-14H2,1-4H3;1-2H2,(H,5,6)(H,7,8). The first-order valence-electron chi connectivity index (χ1n) is 11.6. The summed E-state index contributed by atoms with van der Waals surface area (Å²) < 4.78 is 0. The van der Waals surface area contributed by atoms with Crippen LogP contribution in [0.3, 0.4) is 0 Å². The van der Waals surface area contributed by atoms with Crippen LogP contribution in [-0.2, 0) is 28.9 Å². The third-order valence-electron chi connectivity index (χ3n) is 5.66. The molecule has 0 saturated carbocycles. The van der Waals surface area contributed by atoms with E-state index in [-0.39, 0.29) is 12.8 Å². The van der Waals surface area contributed by atoms with Crippen molar-refractivity contribution in [2.45, 2.75) is 59.3 Å². The van der Waals surface area contributed by atoms with Gasteiger partial charge in [0.25, 0.3) is 0 Å². The van der Waals surface area contributed by atoms with Gasteiger partial charge in [0, 0.05) is 13.2 Å². The minimum absolute atomic E-state index is 0.296. The number of nitrogens with one attached hydrogen (secondary N) is 1. The average Bonchev–Trinajstić information content (AvgIpc) is 3.02. The lowest BCUT2D eigenvalue weighted by Gasteiger charge is -2.24. The molecule has 0 amide bonds. The van der Waals surface area contributed by atoms with E-state index in [1.54, 1.807) is 0 Å². The SMILES string of the molecule is CN(c1ccc(CCC(C)(C)C)cn1)c1c(Cl)ccc2c1CCNCC2.O=C(O)CCC(=O)O. The summed E-state index contributed by atoms with van der Waals surface area (Å²) in [6.45, 7) is 8.85. The molecule has 0 spiro atoms. The molecule has 0 unspecified atom stereocenters. The van der Waals surface area contributed by atoms with Gasteiger partial charge in [-0.1, -0.05) is 44.5 Å². The third-order valence-corrected chi connectivity index (χ3v) is 5.96. The minimum Gasteiger partial charge on any atom is -0.481 e. The summed E-state index contributed by atoms with van der Waals surface area (Å²) >= 11 is 6.60. The molecule has 2 heterocycles. The van der Waals surface area contributed by atoms with Crippen LogP contribution in [0.4, 0.5) is 11.5 Å². The highest BCUT2D eigenvalue weighted by Gasteiger charge is 2.19. The van der Waals surface area contributed by atoms with Gasteiger partial charge in [-0.05, 0) is 73.0 Å². The molecule has 7 nitrogen and oxygen atoms in total. The fourth-order valence-electron chi connectivity index (χ4n) is 3.70. The van der Waals surface area contributed by atoms with Gasteiger partial charge < -0.3 is 20.4 Å². The highest BCUT2D eigenvalue weighted by atomic mass is 35.5. The van der Waals surface area contributed by atoms with E-state index >= 15 is 0 Å². The zero-order chi connectivity index (χ0) is 25.3. The monoisotopic (exact) mass is 489 g/mol. The van der Waals surface area contributed by atoms with Crippen LogP contribution < -0.4 is 10.2 Å². The van der Waals surface area contributed by atoms with Crippen molar-refractivity contribution in [3.8, 4) is 0 Å². The Hall–Kier alpha value is -2.64. The Labute approximate surface area is 207 Å². The van der Waals surface area contributed by atoms with Crippen molar-refractivity contribution in [1.29, 1.82) is 0 Å². The van der Waals surface area contributed by atoms with Crippen molar-refractivity contribution in [1.82, 2.24) is 10.3 Å². The van der Waals surface area contributed by atoms with E-state index in [9.17, 15) is 9.59 Å². The smallest absolute Gasteiger partial charge is 0.303 e. The molecule has 1 aromatic carbocycles. The van der Waals surface area contributed by atoms with Crippen molar-refractivity contribution in [3.63, 3.8) is 0 Å². The second kappa shape index (κ2) is 12.7. The van der Waals surface area contributed by atoms with Crippen LogP contribution >= 0.6 is 11.6 Å². The minimum atomic E-state index is -1.08. The summed E-state index contributed by atoms with van der Waals surface area (Å²) in [5.41, 5.74) is 5.48. The quantitative estimate of drug-likeness (QED) is 0.496. The number of carboxylic acid groups (broad SMARTS) is 2. The maximum absolute atomic E-state index is 9.64. The number of benzene rings is 1. The van der Waals surface area contributed by atoms with Crippen LogP contribution in [0.15, 0.2) is 30.5 Å². The number of rotatable bonds is 7. The van der Waals surface area contributed by atoms with Gasteiger partial charge in [0.05, 0.1) is 23.6 Å². The Balaban J connectivity index is 0.000000440. The third kappa shape index (κ3) is 8.95. The van der Waals surface area contributed by atoms with E-state index in [2.05, 4.69) is 56.2 Å². The molecule has 0 atom stereocenters. The zero-order valence-corrected chi connectivity index (χ0v) is 21.3. The largest absolute Gasteiger partial charge is 0.481 e. The molecule has 3 N–H and O–H groups in total. The number of aryl methyl sites for hydroxylation is 1. The van der Waals surface area contributed by atoms with E-state index in [1.165, 1.54) is 16.7 Å². The molecule has 0 radical (unpaired) electrons. The molecule has 0 aliphatic carbocycles. The van der Waals surface area contributed by atoms with Crippen LogP contribution in [-0.4, -0.2) is 47.3 Å². The molecule has 0 saturated heterocycles. The van der Waals surface area contributed by atoms with Gasteiger partial charge in [0.15, 0.2) is 0 Å². The normalized spacial score (nSPS) is 13.2. The lowest BCUT2D eigenvalue weighted by Crippen LogP contribution is -2.17. The number of nitrogens with zero attached hydrogens (tertiary/aromatic N) is 2. The first-order valence-corrected chi connectivity index (χ1v) is 12.0. The summed E-state index contributed by atoms with van der Waals surface area (Å²) in [6, 6.07) is 8.50. The van der Waals surface area contributed by atoms with E-state index in [0.717, 1.165) is 55.3 Å². The second-order valence-corrected chi connectivity index (χ2v) is 10.1. The van der Waals surface area contributed by atoms with Crippen molar-refractivity contribution in [3.05, 3.63) is 52.2 Å². The number of carbonyl (C=O) groups is 2. The molecule has 8 heteroatoms. The number of hydrogen-bond acceptors (Lipinski definition) is 5. The summed E-state index contributed by atoms with van der Waals surface area (Å²) in [6.07, 6.45) is 5.69. The van der Waals surface area contributed by atoms with E-state index in [4.69, 9.17) is 26.8 Å². The van der Waals surface area contributed by atoms with Crippen molar-refractivity contribution in [2.75, 3.05) is 25.0 Å². The number of carboxylic acids is 2. The number of pyridine rings is 1. The zero-order valence-electron chi connectivity index (χ0n) is 20.5. The maximum atomic E-state index is 9.64. The Morgan fingerprint density at radius 2 is 1.71 bits per heavy atom. The highest BCUT2D eigenvalue weighted by Crippen LogP contribution is 2.36. The predicted octanol–water partition coefficient (Wildman–Crippen LogP) is 5.11. The summed E-state index contributed by atoms with van der Waals surface area (Å²) in [5, 5.41) is 20.1. The van der Waals surface area contributed by atoms with Gasteiger partial charge in [-0.2, -0.15) is 0 Å². The number of aliphatic carboxylic acids is 2. The Morgan fingerprint density at radius 1 is 1.06 bits per heavy atom. The van der Waals surface area contributed by atoms with Gasteiger partial charge in [0.2, 0.25) is 0 Å². The Morgan fingerprint density at radius 3 is 2.26 bits per heavy atom. The van der Waals surface area contributed by atoms with Gasteiger partial charge in [-0.25, -0.2) is 4.98 Å². The molecule has 0 fully saturated rings. The molecule has 1 aromatic heterocycles. The molecule has 34 heavy (non-hydrogen) atoms. The Bertz CT molecular complexity index is 957. The number of hydrogen-bond donors (Lipinski definition) is 3. The van der Waals surface area contributed by atoms with Gasteiger partial charge in [-0.3, -0.25) is 9.59 Å². The fourth-order valence-corrected chi connectivity index (χ4v) is 4.00. The van der Waals surface area contributed by atoms with E-state index in [0.29, 0.717) is 5.41 Å². The number of fused-ring (bicyclic) bond motifs is 1. The van der Waals surface area contributed by atoms with Gasteiger partial charge in [0.1, 0.15) is 5.82 Å². The van der Waals surface area contributed by atoms with Crippen LogP contribution in [0.1, 0.15) is 56.7 Å². The average molecular weight is 490 g/mol.